The van der Waals surface area contributed by atoms with Gasteiger partial charge in [0.1, 0.15) is 12.4 Å². The molecule has 5 rings (SSSR count). The predicted octanol–water partition coefficient (Wildman–Crippen LogP) is 3.66. The first-order valence-electron chi connectivity index (χ1n) is 11.5. The van der Waals surface area contributed by atoms with Gasteiger partial charge >= 0.3 is 0 Å². The van der Waals surface area contributed by atoms with Gasteiger partial charge in [-0.3, -0.25) is 9.59 Å². The van der Waals surface area contributed by atoms with Crippen molar-refractivity contribution in [3.05, 3.63) is 69.7 Å². The number of nitrogens with zero attached hydrogens (tertiary/aromatic N) is 3. The van der Waals surface area contributed by atoms with Crippen molar-refractivity contribution in [2.24, 2.45) is 0 Å². The maximum Gasteiger partial charge on any atom is 0.286 e. The second-order valence-electron chi connectivity index (χ2n) is 8.54. The van der Waals surface area contributed by atoms with Crippen molar-refractivity contribution in [3.8, 4) is 5.75 Å². The third-order valence-corrected chi connectivity index (χ3v) is 6.92. The standard InChI is InChI=1S/C25H26N4O5S/c1-17-3-2-4-20(15-17)32-16-21-27-28-23(35-21)22(30)26-19-7-5-18(6-8-19)24(31)29-11-9-25(10-12-29)33-13-14-34-25/h2-8,15H,9-14,16H2,1H3,(H,26,30). The van der Waals surface area contributed by atoms with E-state index in [0.29, 0.717) is 55.4 Å². The van der Waals surface area contributed by atoms with E-state index in [0.717, 1.165) is 11.3 Å². The van der Waals surface area contributed by atoms with Crippen LogP contribution in [-0.2, 0) is 16.1 Å². The van der Waals surface area contributed by atoms with Crippen molar-refractivity contribution in [1.29, 1.82) is 0 Å². The Balaban J connectivity index is 1.13. The number of nitrogens with one attached hydrogen (secondary N) is 1. The lowest BCUT2D eigenvalue weighted by molar-refractivity contribution is -0.181. The molecule has 1 spiro atoms. The van der Waals surface area contributed by atoms with E-state index >= 15 is 0 Å². The maximum atomic E-state index is 12.9. The van der Waals surface area contributed by atoms with Crippen LogP contribution in [0.2, 0.25) is 0 Å². The molecule has 2 amide bonds. The summed E-state index contributed by atoms with van der Waals surface area (Å²) in [5, 5.41) is 11.7. The molecular weight excluding hydrogens is 468 g/mol. The molecule has 0 unspecified atom stereocenters. The minimum Gasteiger partial charge on any atom is -0.486 e. The van der Waals surface area contributed by atoms with Crippen LogP contribution in [0.4, 0.5) is 5.69 Å². The second kappa shape index (κ2) is 10.1. The molecule has 0 aliphatic carbocycles. The summed E-state index contributed by atoms with van der Waals surface area (Å²) in [5.41, 5.74) is 2.24. The SMILES string of the molecule is Cc1cccc(OCc2nnc(C(=O)Nc3ccc(C(=O)N4CCC5(CC4)OCCO5)cc3)s2)c1. The molecule has 1 N–H and O–H groups in total. The molecule has 1 aromatic heterocycles. The summed E-state index contributed by atoms with van der Waals surface area (Å²) in [4.78, 5) is 27.3. The summed E-state index contributed by atoms with van der Waals surface area (Å²) in [7, 11) is 0. The van der Waals surface area contributed by atoms with Crippen molar-refractivity contribution in [2.75, 3.05) is 31.6 Å². The molecule has 10 heteroatoms. The largest absolute Gasteiger partial charge is 0.486 e. The maximum absolute atomic E-state index is 12.9. The van der Waals surface area contributed by atoms with Gasteiger partial charge in [-0.05, 0) is 48.9 Å². The van der Waals surface area contributed by atoms with Gasteiger partial charge in [0.25, 0.3) is 11.8 Å². The van der Waals surface area contributed by atoms with Crippen LogP contribution in [0.3, 0.4) is 0 Å². The Kier molecular flexibility index (Phi) is 6.76. The lowest BCUT2D eigenvalue weighted by Gasteiger charge is -2.37. The number of carbonyl (C=O) groups excluding carboxylic acids is 2. The second-order valence-corrected chi connectivity index (χ2v) is 9.60. The fraction of sp³-hybridized carbons (Fsp3) is 0.360. The van der Waals surface area contributed by atoms with Crippen LogP contribution in [0.25, 0.3) is 0 Å². The highest BCUT2D eigenvalue weighted by Crippen LogP contribution is 2.31. The van der Waals surface area contributed by atoms with Gasteiger partial charge in [-0.15, -0.1) is 10.2 Å². The number of carbonyl (C=O) groups is 2. The van der Waals surface area contributed by atoms with Crippen LogP contribution < -0.4 is 10.1 Å². The highest BCUT2D eigenvalue weighted by molar-refractivity contribution is 7.13. The number of aromatic nitrogens is 2. The monoisotopic (exact) mass is 494 g/mol. The number of hydrogen-bond acceptors (Lipinski definition) is 8. The number of amides is 2. The van der Waals surface area contributed by atoms with Crippen LogP contribution in [0, 0.1) is 6.92 Å². The molecule has 35 heavy (non-hydrogen) atoms. The summed E-state index contributed by atoms with van der Waals surface area (Å²) >= 11 is 1.18. The van der Waals surface area contributed by atoms with Gasteiger partial charge in [0, 0.05) is 37.2 Å². The van der Waals surface area contributed by atoms with E-state index in [1.165, 1.54) is 11.3 Å². The molecule has 2 fully saturated rings. The van der Waals surface area contributed by atoms with E-state index in [-0.39, 0.29) is 23.4 Å². The van der Waals surface area contributed by atoms with Crippen LogP contribution in [0.5, 0.6) is 5.75 Å². The highest BCUT2D eigenvalue weighted by atomic mass is 32.1. The molecule has 3 aromatic rings. The van der Waals surface area contributed by atoms with Crippen LogP contribution in [-0.4, -0.2) is 59.0 Å². The molecule has 9 nitrogen and oxygen atoms in total. The molecule has 2 aromatic carbocycles. The number of rotatable bonds is 6. The Morgan fingerprint density at radius 1 is 1.09 bits per heavy atom. The van der Waals surface area contributed by atoms with Crippen molar-refractivity contribution in [1.82, 2.24) is 15.1 Å². The lowest BCUT2D eigenvalue weighted by Crippen LogP contribution is -2.47. The van der Waals surface area contributed by atoms with Crippen molar-refractivity contribution in [2.45, 2.75) is 32.2 Å². The highest BCUT2D eigenvalue weighted by Gasteiger charge is 2.40. The summed E-state index contributed by atoms with van der Waals surface area (Å²) in [6.07, 6.45) is 1.35. The van der Waals surface area contributed by atoms with E-state index in [2.05, 4.69) is 15.5 Å². The zero-order valence-corrected chi connectivity index (χ0v) is 20.2. The first-order chi connectivity index (χ1) is 17.0. The Morgan fingerprint density at radius 3 is 2.54 bits per heavy atom. The van der Waals surface area contributed by atoms with Crippen LogP contribution in [0.15, 0.2) is 48.5 Å². The number of anilines is 1. The van der Waals surface area contributed by atoms with E-state index in [4.69, 9.17) is 14.2 Å². The Hall–Kier alpha value is -3.34. The first kappa shape index (κ1) is 23.4. The summed E-state index contributed by atoms with van der Waals surface area (Å²) in [5.74, 6) is -0.174. The molecule has 0 atom stereocenters. The van der Waals surface area contributed by atoms with E-state index < -0.39 is 5.79 Å². The van der Waals surface area contributed by atoms with E-state index in [9.17, 15) is 9.59 Å². The molecule has 2 aliphatic heterocycles. The lowest BCUT2D eigenvalue weighted by atomic mass is 10.0. The normalized spacial score (nSPS) is 16.9. The fourth-order valence-electron chi connectivity index (χ4n) is 4.15. The minimum atomic E-state index is -0.512. The van der Waals surface area contributed by atoms with Gasteiger partial charge in [0.15, 0.2) is 10.8 Å². The molecule has 0 bridgehead atoms. The summed E-state index contributed by atoms with van der Waals surface area (Å²) in [6, 6.07) is 14.6. The molecule has 182 valence electrons. The average Bonchev–Trinajstić information content (AvgIpc) is 3.54. The Morgan fingerprint density at radius 2 is 1.83 bits per heavy atom. The number of benzene rings is 2. The molecular formula is C25H26N4O5S. The van der Waals surface area contributed by atoms with E-state index in [1.54, 1.807) is 24.3 Å². The zero-order valence-electron chi connectivity index (χ0n) is 19.4. The van der Waals surface area contributed by atoms with Crippen molar-refractivity contribution >= 4 is 28.8 Å². The van der Waals surface area contributed by atoms with Gasteiger partial charge < -0.3 is 24.4 Å². The van der Waals surface area contributed by atoms with Crippen molar-refractivity contribution in [3.63, 3.8) is 0 Å². The fourth-order valence-corrected chi connectivity index (χ4v) is 4.80. The topological polar surface area (TPSA) is 103 Å². The molecule has 3 heterocycles. The number of aryl methyl sites for hydroxylation is 1. The predicted molar refractivity (Wildman–Crippen MR) is 130 cm³/mol. The molecule has 2 saturated heterocycles. The molecule has 2 aliphatic rings. The van der Waals surface area contributed by atoms with Gasteiger partial charge in [-0.2, -0.15) is 0 Å². The van der Waals surface area contributed by atoms with Gasteiger partial charge in [-0.1, -0.05) is 23.5 Å². The van der Waals surface area contributed by atoms with Crippen LogP contribution >= 0.6 is 11.3 Å². The quantitative estimate of drug-likeness (QED) is 0.558. The van der Waals surface area contributed by atoms with Crippen LogP contribution in [0.1, 0.15) is 43.6 Å². The number of likely N-dealkylation sites (tertiary alicyclic amines) is 1. The average molecular weight is 495 g/mol. The van der Waals surface area contributed by atoms with Crippen molar-refractivity contribution < 1.29 is 23.8 Å². The smallest absolute Gasteiger partial charge is 0.286 e. The zero-order chi connectivity index (χ0) is 24.3. The molecule has 0 radical (unpaired) electrons. The van der Waals surface area contributed by atoms with E-state index in [1.807, 2.05) is 36.1 Å². The first-order valence-corrected chi connectivity index (χ1v) is 12.3. The Bertz CT molecular complexity index is 1200. The Labute approximate surface area is 207 Å². The van der Waals surface area contributed by atoms with Gasteiger partial charge in [0.2, 0.25) is 5.01 Å². The summed E-state index contributed by atoms with van der Waals surface area (Å²) in [6.45, 7) is 4.63. The third-order valence-electron chi connectivity index (χ3n) is 6.03. The van der Waals surface area contributed by atoms with Gasteiger partial charge in [-0.25, -0.2) is 0 Å². The summed E-state index contributed by atoms with van der Waals surface area (Å²) < 4.78 is 17.2. The third kappa shape index (κ3) is 5.50. The number of hydrogen-bond donors (Lipinski definition) is 1. The minimum absolute atomic E-state index is 0.0434. The number of ether oxygens (including phenoxy) is 3. The number of piperidine rings is 1. The van der Waals surface area contributed by atoms with Gasteiger partial charge in [0.05, 0.1) is 13.2 Å². The molecule has 0 saturated carbocycles.